The number of imidazole rings is 1. The van der Waals surface area contributed by atoms with Crippen LogP contribution in [-0.4, -0.2) is 21.6 Å². The first-order valence-corrected chi connectivity index (χ1v) is 8.13. The van der Waals surface area contributed by atoms with E-state index >= 15 is 0 Å². The van der Waals surface area contributed by atoms with Crippen LogP contribution in [0.1, 0.15) is 45.0 Å². The molecule has 0 N–H and O–H groups in total. The van der Waals surface area contributed by atoms with Crippen LogP contribution >= 0.6 is 11.6 Å². The molecule has 2 aromatic rings. The van der Waals surface area contributed by atoms with Crippen LogP contribution in [0.3, 0.4) is 0 Å². The standard InChI is InChI=1S/C16H22ClN3O/c1-10-6-11(2)8-12(7-10)20-14(9-17)18-13-4-5-15(21-3)19-16(13)20/h4-5,10-12H,6-9H2,1-3H3. The van der Waals surface area contributed by atoms with Crippen molar-refractivity contribution in [3.05, 3.63) is 18.0 Å². The number of pyridine rings is 1. The summed E-state index contributed by atoms with van der Waals surface area (Å²) in [5.41, 5.74) is 1.80. The fourth-order valence-corrected chi connectivity index (χ4v) is 3.90. The molecule has 0 spiro atoms. The number of rotatable bonds is 3. The predicted molar refractivity (Wildman–Crippen MR) is 84.9 cm³/mol. The molecule has 0 saturated heterocycles. The SMILES string of the molecule is COc1ccc2nc(CCl)n(C3CC(C)CC(C)C3)c2n1. The Kier molecular flexibility index (Phi) is 4.07. The highest BCUT2D eigenvalue weighted by atomic mass is 35.5. The third-order valence-corrected chi connectivity index (χ3v) is 4.67. The van der Waals surface area contributed by atoms with Crippen LogP contribution in [0.5, 0.6) is 5.88 Å². The zero-order valence-corrected chi connectivity index (χ0v) is 13.6. The van der Waals surface area contributed by atoms with Crippen molar-refractivity contribution in [2.45, 2.75) is 45.0 Å². The molecular weight excluding hydrogens is 286 g/mol. The molecule has 21 heavy (non-hydrogen) atoms. The van der Waals surface area contributed by atoms with E-state index in [1.165, 1.54) is 19.3 Å². The maximum absolute atomic E-state index is 6.13. The van der Waals surface area contributed by atoms with Gasteiger partial charge < -0.3 is 9.30 Å². The molecular formula is C16H22ClN3O. The average molecular weight is 308 g/mol. The highest BCUT2D eigenvalue weighted by Gasteiger charge is 2.28. The summed E-state index contributed by atoms with van der Waals surface area (Å²) in [5.74, 6) is 3.41. The van der Waals surface area contributed by atoms with Gasteiger partial charge in [-0.15, -0.1) is 11.6 Å². The molecule has 0 bridgehead atoms. The van der Waals surface area contributed by atoms with Crippen molar-refractivity contribution >= 4 is 22.8 Å². The number of ether oxygens (including phenoxy) is 1. The van der Waals surface area contributed by atoms with E-state index in [-0.39, 0.29) is 0 Å². The minimum Gasteiger partial charge on any atom is -0.481 e. The monoisotopic (exact) mass is 307 g/mol. The van der Waals surface area contributed by atoms with E-state index < -0.39 is 0 Å². The van der Waals surface area contributed by atoms with Gasteiger partial charge in [-0.25, -0.2) is 4.98 Å². The number of hydrogen-bond acceptors (Lipinski definition) is 3. The van der Waals surface area contributed by atoms with Crippen molar-refractivity contribution in [2.24, 2.45) is 11.8 Å². The van der Waals surface area contributed by atoms with Crippen molar-refractivity contribution in [1.82, 2.24) is 14.5 Å². The van der Waals surface area contributed by atoms with E-state index in [0.29, 0.717) is 17.8 Å². The molecule has 1 aliphatic rings. The third-order valence-electron chi connectivity index (χ3n) is 4.43. The van der Waals surface area contributed by atoms with Gasteiger partial charge in [-0.05, 0) is 37.2 Å². The van der Waals surface area contributed by atoms with Gasteiger partial charge in [0.25, 0.3) is 0 Å². The summed E-state index contributed by atoms with van der Waals surface area (Å²) in [6, 6.07) is 4.25. The molecule has 4 nitrogen and oxygen atoms in total. The van der Waals surface area contributed by atoms with E-state index in [9.17, 15) is 0 Å². The summed E-state index contributed by atoms with van der Waals surface area (Å²) >= 11 is 6.13. The lowest BCUT2D eigenvalue weighted by Gasteiger charge is -2.33. The summed E-state index contributed by atoms with van der Waals surface area (Å²) in [7, 11) is 1.64. The molecule has 1 saturated carbocycles. The van der Waals surface area contributed by atoms with Gasteiger partial charge in [0.05, 0.1) is 13.0 Å². The minimum absolute atomic E-state index is 0.415. The van der Waals surface area contributed by atoms with Crippen LogP contribution in [0, 0.1) is 11.8 Å². The normalized spacial score (nSPS) is 26.2. The first-order chi connectivity index (χ1) is 10.1. The molecule has 1 fully saturated rings. The molecule has 2 aromatic heterocycles. The lowest BCUT2D eigenvalue weighted by Crippen LogP contribution is -2.24. The summed E-state index contributed by atoms with van der Waals surface area (Å²) < 4.78 is 7.51. The van der Waals surface area contributed by atoms with E-state index in [1.54, 1.807) is 7.11 Å². The molecule has 2 heterocycles. The summed E-state index contributed by atoms with van der Waals surface area (Å²) in [6.07, 6.45) is 3.63. The Bertz CT molecular complexity index is 630. The van der Waals surface area contributed by atoms with Gasteiger partial charge in [-0.1, -0.05) is 13.8 Å². The number of halogens is 1. The predicted octanol–water partition coefficient (Wildman–Crippen LogP) is 4.18. The molecule has 1 aliphatic carbocycles. The fourth-order valence-electron chi connectivity index (χ4n) is 3.71. The molecule has 0 aliphatic heterocycles. The van der Waals surface area contributed by atoms with Crippen LogP contribution in [0.15, 0.2) is 12.1 Å². The Morgan fingerprint density at radius 2 is 1.90 bits per heavy atom. The van der Waals surface area contributed by atoms with Crippen LogP contribution in [0.4, 0.5) is 0 Å². The second-order valence-electron chi connectivity index (χ2n) is 6.30. The number of hydrogen-bond donors (Lipinski definition) is 0. The first kappa shape index (κ1) is 14.6. The Morgan fingerprint density at radius 1 is 1.19 bits per heavy atom. The highest BCUT2D eigenvalue weighted by molar-refractivity contribution is 6.16. The first-order valence-electron chi connectivity index (χ1n) is 7.60. The smallest absolute Gasteiger partial charge is 0.215 e. The lowest BCUT2D eigenvalue weighted by molar-refractivity contribution is 0.222. The molecule has 3 rings (SSSR count). The number of fused-ring (bicyclic) bond motifs is 1. The Balaban J connectivity index is 2.10. The Hall–Kier alpha value is -1.29. The number of alkyl halides is 1. The van der Waals surface area contributed by atoms with Gasteiger partial charge in [-0.3, -0.25) is 0 Å². The van der Waals surface area contributed by atoms with Crippen molar-refractivity contribution in [3.63, 3.8) is 0 Å². The van der Waals surface area contributed by atoms with Gasteiger partial charge in [0.15, 0.2) is 5.65 Å². The van der Waals surface area contributed by atoms with Crippen molar-refractivity contribution in [3.8, 4) is 5.88 Å². The molecule has 2 unspecified atom stereocenters. The van der Waals surface area contributed by atoms with Gasteiger partial charge in [-0.2, -0.15) is 4.98 Å². The molecule has 0 amide bonds. The summed E-state index contributed by atoms with van der Waals surface area (Å²) in [4.78, 5) is 9.25. The molecule has 0 radical (unpaired) electrons. The second kappa shape index (κ2) is 5.84. The van der Waals surface area contributed by atoms with Crippen LogP contribution in [-0.2, 0) is 5.88 Å². The van der Waals surface area contributed by atoms with Gasteiger partial charge in [0.1, 0.15) is 11.3 Å². The average Bonchev–Trinajstić information content (AvgIpc) is 2.83. The van der Waals surface area contributed by atoms with Crippen molar-refractivity contribution in [1.29, 1.82) is 0 Å². The lowest BCUT2D eigenvalue weighted by atomic mass is 9.80. The Labute approximate surface area is 130 Å². The minimum atomic E-state index is 0.415. The molecule has 0 aromatic carbocycles. The fraction of sp³-hybridized carbons (Fsp3) is 0.625. The quantitative estimate of drug-likeness (QED) is 0.799. The topological polar surface area (TPSA) is 39.9 Å². The second-order valence-corrected chi connectivity index (χ2v) is 6.57. The van der Waals surface area contributed by atoms with Crippen molar-refractivity contribution < 1.29 is 4.74 Å². The van der Waals surface area contributed by atoms with Crippen LogP contribution < -0.4 is 4.74 Å². The maximum atomic E-state index is 6.13. The number of aromatic nitrogens is 3. The van der Waals surface area contributed by atoms with E-state index in [4.69, 9.17) is 16.3 Å². The maximum Gasteiger partial charge on any atom is 0.215 e. The third kappa shape index (κ3) is 2.73. The van der Waals surface area contributed by atoms with E-state index in [2.05, 4.69) is 28.4 Å². The van der Waals surface area contributed by atoms with E-state index in [1.807, 2.05) is 12.1 Å². The summed E-state index contributed by atoms with van der Waals surface area (Å²) in [5, 5.41) is 0. The van der Waals surface area contributed by atoms with Crippen LogP contribution in [0.2, 0.25) is 0 Å². The number of methoxy groups -OCH3 is 1. The zero-order chi connectivity index (χ0) is 15.0. The largest absolute Gasteiger partial charge is 0.481 e. The Morgan fingerprint density at radius 3 is 2.52 bits per heavy atom. The number of nitrogens with zero attached hydrogens (tertiary/aromatic N) is 3. The molecule has 5 heteroatoms. The zero-order valence-electron chi connectivity index (χ0n) is 12.8. The van der Waals surface area contributed by atoms with Crippen LogP contribution in [0.25, 0.3) is 11.2 Å². The van der Waals surface area contributed by atoms with Gasteiger partial charge in [0, 0.05) is 12.1 Å². The van der Waals surface area contributed by atoms with Gasteiger partial charge >= 0.3 is 0 Å². The van der Waals surface area contributed by atoms with Crippen molar-refractivity contribution in [2.75, 3.05) is 7.11 Å². The molecule has 2 atom stereocenters. The highest BCUT2D eigenvalue weighted by Crippen LogP contribution is 2.38. The van der Waals surface area contributed by atoms with Gasteiger partial charge in [0.2, 0.25) is 5.88 Å². The summed E-state index contributed by atoms with van der Waals surface area (Å²) in [6.45, 7) is 4.66. The van der Waals surface area contributed by atoms with E-state index in [0.717, 1.165) is 28.8 Å². The molecule has 114 valence electrons.